The van der Waals surface area contributed by atoms with E-state index in [1.807, 2.05) is 6.08 Å². The number of ether oxygens (including phenoxy) is 2. The number of hydrogen-bond donors (Lipinski definition) is 6. The fourth-order valence-corrected chi connectivity index (χ4v) is 6.15. The van der Waals surface area contributed by atoms with E-state index < -0.39 is 49.5 Å². The molecule has 1 heterocycles. The van der Waals surface area contributed by atoms with Gasteiger partial charge in [0.1, 0.15) is 24.4 Å². The molecule has 1 fully saturated rings. The molecule has 0 bridgehead atoms. The molecule has 0 aromatic rings. The molecule has 9 heteroatoms. The number of allylic oxidation sites excluding steroid dienone is 1. The highest BCUT2D eigenvalue weighted by Gasteiger charge is 2.44. The van der Waals surface area contributed by atoms with Gasteiger partial charge in [0.05, 0.1) is 25.4 Å². The van der Waals surface area contributed by atoms with Gasteiger partial charge >= 0.3 is 0 Å². The second kappa shape index (κ2) is 29.8. The third-order valence-electron chi connectivity index (χ3n) is 9.38. The van der Waals surface area contributed by atoms with Crippen molar-refractivity contribution in [3.63, 3.8) is 0 Å². The van der Waals surface area contributed by atoms with E-state index >= 15 is 0 Å². The summed E-state index contributed by atoms with van der Waals surface area (Å²) >= 11 is 0. The molecule has 1 aliphatic heterocycles. The first-order chi connectivity index (χ1) is 22.8. The standard InChI is InChI=1S/C38H73NO8/c1-3-5-7-9-11-13-15-16-18-19-21-23-25-27-32(41)31(30-46-38-37(45)36(44)35(43)33(29-40)47-38)39-34(42)28-26-24-22-20-17-14-12-10-8-6-4-2/h23,25,31-33,35-38,40-41,43-45H,3-22,24,26-30H2,1-2H3,(H,39,42)/t31-,32+,33+,35+,36?,37?,38+/m0/s1. The summed E-state index contributed by atoms with van der Waals surface area (Å²) in [6.45, 7) is 3.75. The summed E-state index contributed by atoms with van der Waals surface area (Å²) in [5, 5.41) is 53.9. The summed E-state index contributed by atoms with van der Waals surface area (Å²) < 4.78 is 11.2. The van der Waals surface area contributed by atoms with Gasteiger partial charge < -0.3 is 40.3 Å². The third kappa shape index (κ3) is 21.6. The first-order valence-corrected chi connectivity index (χ1v) is 19.4. The summed E-state index contributed by atoms with van der Waals surface area (Å²) in [5.74, 6) is -0.170. The molecule has 2 unspecified atom stereocenters. The molecule has 0 saturated carbocycles. The van der Waals surface area contributed by atoms with E-state index in [1.165, 1.54) is 109 Å². The monoisotopic (exact) mass is 672 g/mol. The van der Waals surface area contributed by atoms with Crippen molar-refractivity contribution in [2.45, 2.75) is 211 Å². The quantitative estimate of drug-likeness (QED) is 0.0357. The van der Waals surface area contributed by atoms with Gasteiger partial charge in [-0.15, -0.1) is 0 Å². The Hall–Kier alpha value is -1.07. The lowest BCUT2D eigenvalue weighted by Crippen LogP contribution is -2.60. The van der Waals surface area contributed by atoms with Crippen molar-refractivity contribution in [3.05, 3.63) is 12.2 Å². The Balaban J connectivity index is 2.46. The van der Waals surface area contributed by atoms with E-state index in [-0.39, 0.29) is 12.5 Å². The normalized spacial score (nSPS) is 22.9. The third-order valence-corrected chi connectivity index (χ3v) is 9.38. The van der Waals surface area contributed by atoms with Gasteiger partial charge in [-0.05, 0) is 25.7 Å². The molecule has 1 saturated heterocycles. The number of unbranched alkanes of at least 4 members (excludes halogenated alkanes) is 20. The van der Waals surface area contributed by atoms with E-state index in [4.69, 9.17) is 9.47 Å². The number of carbonyl (C=O) groups excluding carboxylic acids is 1. The predicted octanol–water partition coefficient (Wildman–Crippen LogP) is 6.61. The number of rotatable bonds is 31. The Bertz CT molecular complexity index is 751. The Labute approximate surface area is 286 Å². The van der Waals surface area contributed by atoms with Crippen LogP contribution in [0, 0.1) is 0 Å². The maximum absolute atomic E-state index is 12.8. The van der Waals surface area contributed by atoms with Crippen molar-refractivity contribution in [2.24, 2.45) is 0 Å². The number of aliphatic hydroxyl groups excluding tert-OH is 5. The van der Waals surface area contributed by atoms with E-state index in [0.29, 0.717) is 12.8 Å². The maximum atomic E-state index is 12.8. The minimum absolute atomic E-state index is 0.167. The van der Waals surface area contributed by atoms with Crippen LogP contribution in [-0.2, 0) is 14.3 Å². The van der Waals surface area contributed by atoms with Crippen LogP contribution < -0.4 is 5.32 Å². The largest absolute Gasteiger partial charge is 0.394 e. The molecule has 0 aromatic carbocycles. The minimum Gasteiger partial charge on any atom is -0.394 e. The van der Waals surface area contributed by atoms with E-state index in [9.17, 15) is 30.3 Å². The first kappa shape index (κ1) is 44.0. The predicted molar refractivity (Wildman–Crippen MR) is 189 cm³/mol. The van der Waals surface area contributed by atoms with Crippen LogP contribution in [0.5, 0.6) is 0 Å². The molecule has 6 N–H and O–H groups in total. The van der Waals surface area contributed by atoms with Crippen LogP contribution in [0.2, 0.25) is 0 Å². The van der Waals surface area contributed by atoms with E-state index in [0.717, 1.165) is 32.1 Å². The smallest absolute Gasteiger partial charge is 0.220 e. The minimum atomic E-state index is -1.56. The molecule has 9 nitrogen and oxygen atoms in total. The van der Waals surface area contributed by atoms with Gasteiger partial charge in [0.25, 0.3) is 0 Å². The van der Waals surface area contributed by atoms with Gasteiger partial charge in [0.2, 0.25) is 5.91 Å². The molecule has 7 atom stereocenters. The van der Waals surface area contributed by atoms with Gasteiger partial charge in [-0.1, -0.05) is 148 Å². The summed E-state index contributed by atoms with van der Waals surface area (Å²) in [6, 6.07) is -0.760. The summed E-state index contributed by atoms with van der Waals surface area (Å²) in [4.78, 5) is 12.8. The maximum Gasteiger partial charge on any atom is 0.220 e. The van der Waals surface area contributed by atoms with Crippen molar-refractivity contribution in [1.29, 1.82) is 0 Å². The van der Waals surface area contributed by atoms with Crippen LogP contribution >= 0.6 is 0 Å². The summed E-state index contributed by atoms with van der Waals surface area (Å²) in [5.41, 5.74) is 0. The zero-order valence-corrected chi connectivity index (χ0v) is 30.0. The second-order valence-electron chi connectivity index (χ2n) is 13.7. The van der Waals surface area contributed by atoms with Crippen LogP contribution in [0.3, 0.4) is 0 Å². The zero-order chi connectivity index (χ0) is 34.5. The molecule has 0 aromatic heterocycles. The van der Waals surface area contributed by atoms with Crippen LogP contribution in [0.1, 0.15) is 168 Å². The number of nitrogens with one attached hydrogen (secondary N) is 1. The van der Waals surface area contributed by atoms with Gasteiger partial charge in [0.15, 0.2) is 6.29 Å². The number of amides is 1. The molecule has 47 heavy (non-hydrogen) atoms. The SMILES string of the molecule is CCCCCCCCCCCCC=CC[C@@H](O)[C@H](CO[C@@H]1O[C@H](CO)[C@@H](O)C(O)C1O)NC(=O)CCCCCCCCCCCCC. The lowest BCUT2D eigenvalue weighted by atomic mass is 9.99. The number of aliphatic hydroxyl groups is 5. The fraction of sp³-hybridized carbons (Fsp3) is 0.921. The van der Waals surface area contributed by atoms with Crippen LogP contribution in [0.4, 0.5) is 0 Å². The average molecular weight is 672 g/mol. The molecule has 1 aliphatic rings. The van der Waals surface area contributed by atoms with Crippen LogP contribution in [0.25, 0.3) is 0 Å². The highest BCUT2D eigenvalue weighted by atomic mass is 16.7. The molecule has 0 radical (unpaired) electrons. The lowest BCUT2D eigenvalue weighted by molar-refractivity contribution is -0.302. The molecule has 0 aliphatic carbocycles. The Morgan fingerprint density at radius 2 is 1.19 bits per heavy atom. The van der Waals surface area contributed by atoms with Gasteiger partial charge in [-0.2, -0.15) is 0 Å². The lowest BCUT2D eigenvalue weighted by Gasteiger charge is -2.40. The Morgan fingerprint density at radius 3 is 1.70 bits per heavy atom. The van der Waals surface area contributed by atoms with Gasteiger partial charge in [0, 0.05) is 6.42 Å². The topological polar surface area (TPSA) is 149 Å². The van der Waals surface area contributed by atoms with Crippen LogP contribution in [-0.4, -0.2) is 87.5 Å². The van der Waals surface area contributed by atoms with Crippen molar-refractivity contribution in [2.75, 3.05) is 13.2 Å². The van der Waals surface area contributed by atoms with Crippen molar-refractivity contribution >= 4 is 5.91 Å². The van der Waals surface area contributed by atoms with Crippen LogP contribution in [0.15, 0.2) is 12.2 Å². The summed E-state index contributed by atoms with van der Waals surface area (Å²) in [7, 11) is 0. The molecular formula is C38H73NO8. The Kier molecular flexibility index (Phi) is 27.9. The van der Waals surface area contributed by atoms with Crippen molar-refractivity contribution < 1.29 is 39.8 Å². The highest BCUT2D eigenvalue weighted by molar-refractivity contribution is 5.76. The summed E-state index contributed by atoms with van der Waals surface area (Å²) in [6.07, 6.45) is 23.8. The van der Waals surface area contributed by atoms with Gasteiger partial charge in [-0.25, -0.2) is 0 Å². The molecule has 0 spiro atoms. The first-order valence-electron chi connectivity index (χ1n) is 19.4. The van der Waals surface area contributed by atoms with E-state index in [1.54, 1.807) is 0 Å². The second-order valence-corrected chi connectivity index (χ2v) is 13.7. The Morgan fingerprint density at radius 1 is 0.702 bits per heavy atom. The van der Waals surface area contributed by atoms with E-state index in [2.05, 4.69) is 25.2 Å². The van der Waals surface area contributed by atoms with Crippen molar-refractivity contribution in [3.8, 4) is 0 Å². The zero-order valence-electron chi connectivity index (χ0n) is 30.0. The fourth-order valence-electron chi connectivity index (χ4n) is 6.15. The highest BCUT2D eigenvalue weighted by Crippen LogP contribution is 2.22. The number of carbonyl (C=O) groups is 1. The van der Waals surface area contributed by atoms with Gasteiger partial charge in [-0.3, -0.25) is 4.79 Å². The average Bonchev–Trinajstić information content (AvgIpc) is 3.07. The number of hydrogen-bond acceptors (Lipinski definition) is 8. The molecular weight excluding hydrogens is 598 g/mol. The van der Waals surface area contributed by atoms with Crippen molar-refractivity contribution in [1.82, 2.24) is 5.32 Å². The molecule has 1 amide bonds. The molecule has 278 valence electrons. The molecule has 1 rings (SSSR count).